The number of rotatable bonds is 1. The highest BCUT2D eigenvalue weighted by Crippen LogP contribution is 2.47. The van der Waals surface area contributed by atoms with Crippen LogP contribution in [0.15, 0.2) is 22.8 Å². The molecule has 0 amide bonds. The molecule has 84 valence electrons. The van der Waals surface area contributed by atoms with E-state index in [-0.39, 0.29) is 23.4 Å². The molecule has 2 saturated carbocycles. The van der Waals surface area contributed by atoms with E-state index >= 15 is 0 Å². The molecule has 3 rings (SSSR count). The summed E-state index contributed by atoms with van der Waals surface area (Å²) in [7, 11) is 0. The lowest BCUT2D eigenvalue weighted by atomic mass is 9.77. The summed E-state index contributed by atoms with van der Waals surface area (Å²) in [5, 5.41) is 0. The molecule has 0 bridgehead atoms. The van der Waals surface area contributed by atoms with Crippen LogP contribution in [0.2, 0.25) is 0 Å². The van der Waals surface area contributed by atoms with Crippen LogP contribution in [0.3, 0.4) is 0 Å². The molecule has 0 spiro atoms. The third kappa shape index (κ3) is 1.42. The standard InChI is InChI=1S/C13H14O3/c14-8-3-4-9-10(6-8)12(15)7-11(9)13-2-1-5-16-13/h1-2,5,9-11H,3-4,6-7H2/t9-,10+,11+/m1/s1. The first-order chi connectivity index (χ1) is 7.75. The third-order valence-electron chi connectivity index (χ3n) is 3.98. The van der Waals surface area contributed by atoms with E-state index in [1.165, 1.54) is 0 Å². The summed E-state index contributed by atoms with van der Waals surface area (Å²) in [4.78, 5) is 23.2. The first-order valence-corrected chi connectivity index (χ1v) is 5.83. The van der Waals surface area contributed by atoms with Gasteiger partial charge in [-0.25, -0.2) is 0 Å². The van der Waals surface area contributed by atoms with Gasteiger partial charge in [0.2, 0.25) is 0 Å². The Hall–Kier alpha value is -1.38. The average molecular weight is 218 g/mol. The van der Waals surface area contributed by atoms with Gasteiger partial charge in [-0.1, -0.05) is 0 Å². The lowest BCUT2D eigenvalue weighted by Gasteiger charge is -2.26. The van der Waals surface area contributed by atoms with Crippen LogP contribution in [0.5, 0.6) is 0 Å². The maximum absolute atomic E-state index is 11.9. The van der Waals surface area contributed by atoms with Crippen molar-refractivity contribution in [3.8, 4) is 0 Å². The number of furan rings is 1. The molecule has 0 unspecified atom stereocenters. The normalized spacial score (nSPS) is 34.1. The van der Waals surface area contributed by atoms with Gasteiger partial charge in [0.25, 0.3) is 0 Å². The van der Waals surface area contributed by atoms with E-state index in [0.29, 0.717) is 25.2 Å². The zero-order valence-electron chi connectivity index (χ0n) is 9.02. The van der Waals surface area contributed by atoms with Gasteiger partial charge in [0.1, 0.15) is 17.3 Å². The summed E-state index contributed by atoms with van der Waals surface area (Å²) in [5.74, 6) is 1.91. The smallest absolute Gasteiger partial charge is 0.137 e. The topological polar surface area (TPSA) is 47.3 Å². The van der Waals surface area contributed by atoms with Crippen molar-refractivity contribution in [2.24, 2.45) is 11.8 Å². The van der Waals surface area contributed by atoms with E-state index in [2.05, 4.69) is 0 Å². The van der Waals surface area contributed by atoms with Crippen molar-refractivity contribution in [3.63, 3.8) is 0 Å². The van der Waals surface area contributed by atoms with Gasteiger partial charge in [0.05, 0.1) is 6.26 Å². The van der Waals surface area contributed by atoms with Crippen LogP contribution in [0.25, 0.3) is 0 Å². The van der Waals surface area contributed by atoms with Gasteiger partial charge >= 0.3 is 0 Å². The van der Waals surface area contributed by atoms with Gasteiger partial charge in [-0.2, -0.15) is 0 Å². The SMILES string of the molecule is O=C1CC[C@@H]2[C@H](C1)C(=O)C[C@@H]2c1ccco1. The lowest BCUT2D eigenvalue weighted by molar-refractivity contribution is -0.129. The molecule has 2 fully saturated rings. The zero-order chi connectivity index (χ0) is 11.1. The molecular weight excluding hydrogens is 204 g/mol. The molecular formula is C13H14O3. The van der Waals surface area contributed by atoms with Crippen molar-refractivity contribution >= 4 is 11.6 Å². The van der Waals surface area contributed by atoms with Crippen molar-refractivity contribution < 1.29 is 14.0 Å². The number of hydrogen-bond acceptors (Lipinski definition) is 3. The van der Waals surface area contributed by atoms with Crippen LogP contribution in [0.4, 0.5) is 0 Å². The minimum absolute atomic E-state index is 0.0312. The zero-order valence-corrected chi connectivity index (χ0v) is 9.02. The fourth-order valence-electron chi connectivity index (χ4n) is 3.20. The van der Waals surface area contributed by atoms with Crippen LogP contribution < -0.4 is 0 Å². The summed E-state index contributed by atoms with van der Waals surface area (Å²) in [6.45, 7) is 0. The van der Waals surface area contributed by atoms with E-state index < -0.39 is 0 Å². The summed E-state index contributed by atoms with van der Waals surface area (Å²) >= 11 is 0. The Morgan fingerprint density at radius 1 is 1.19 bits per heavy atom. The lowest BCUT2D eigenvalue weighted by Crippen LogP contribution is -2.26. The van der Waals surface area contributed by atoms with Crippen LogP contribution in [0.1, 0.15) is 37.4 Å². The Morgan fingerprint density at radius 3 is 2.81 bits per heavy atom. The molecule has 2 aliphatic carbocycles. The summed E-state index contributed by atoms with van der Waals surface area (Å²) in [5.41, 5.74) is 0. The number of hydrogen-bond donors (Lipinski definition) is 0. The molecule has 0 aromatic carbocycles. The van der Waals surface area contributed by atoms with Gasteiger partial charge in [0, 0.05) is 31.1 Å². The van der Waals surface area contributed by atoms with Crippen molar-refractivity contribution in [2.45, 2.75) is 31.6 Å². The van der Waals surface area contributed by atoms with Gasteiger partial charge < -0.3 is 4.42 Å². The van der Waals surface area contributed by atoms with E-state index in [4.69, 9.17) is 4.42 Å². The summed E-state index contributed by atoms with van der Waals surface area (Å²) < 4.78 is 5.40. The molecule has 0 N–H and O–H groups in total. The highest BCUT2D eigenvalue weighted by Gasteiger charge is 2.46. The fourth-order valence-corrected chi connectivity index (χ4v) is 3.20. The maximum atomic E-state index is 11.9. The Morgan fingerprint density at radius 2 is 2.06 bits per heavy atom. The molecule has 0 saturated heterocycles. The van der Waals surface area contributed by atoms with Gasteiger partial charge in [-0.05, 0) is 24.5 Å². The van der Waals surface area contributed by atoms with E-state index in [9.17, 15) is 9.59 Å². The molecule has 3 nitrogen and oxygen atoms in total. The first kappa shape index (κ1) is 9.82. The van der Waals surface area contributed by atoms with Crippen LogP contribution >= 0.6 is 0 Å². The van der Waals surface area contributed by atoms with Gasteiger partial charge in [-0.3, -0.25) is 9.59 Å². The maximum Gasteiger partial charge on any atom is 0.137 e. The third-order valence-corrected chi connectivity index (χ3v) is 3.98. The minimum Gasteiger partial charge on any atom is -0.469 e. The van der Waals surface area contributed by atoms with Crippen molar-refractivity contribution in [3.05, 3.63) is 24.2 Å². The monoisotopic (exact) mass is 218 g/mol. The van der Waals surface area contributed by atoms with Crippen LogP contribution in [0, 0.1) is 11.8 Å². The number of fused-ring (bicyclic) bond motifs is 1. The number of ketones is 2. The second-order valence-corrected chi connectivity index (χ2v) is 4.84. The Bertz CT molecular complexity index is 418. The van der Waals surface area contributed by atoms with Crippen molar-refractivity contribution in [1.29, 1.82) is 0 Å². The second kappa shape index (κ2) is 3.58. The van der Waals surface area contributed by atoms with Crippen LogP contribution in [-0.4, -0.2) is 11.6 Å². The van der Waals surface area contributed by atoms with E-state index in [0.717, 1.165) is 12.2 Å². The Labute approximate surface area is 93.8 Å². The molecule has 3 atom stereocenters. The quantitative estimate of drug-likeness (QED) is 0.726. The average Bonchev–Trinajstić information content (AvgIpc) is 2.87. The molecule has 0 radical (unpaired) electrons. The Balaban J connectivity index is 1.88. The molecule has 1 aromatic rings. The Kier molecular flexibility index (Phi) is 2.20. The fraction of sp³-hybridized carbons (Fsp3) is 0.538. The predicted molar refractivity (Wildman–Crippen MR) is 56.9 cm³/mol. The van der Waals surface area contributed by atoms with Gasteiger partial charge in [0.15, 0.2) is 0 Å². The molecule has 0 aliphatic heterocycles. The number of carbonyl (C=O) groups excluding carboxylic acids is 2. The van der Waals surface area contributed by atoms with Crippen LogP contribution in [-0.2, 0) is 9.59 Å². The molecule has 2 aliphatic rings. The highest BCUT2D eigenvalue weighted by atomic mass is 16.3. The second-order valence-electron chi connectivity index (χ2n) is 4.84. The van der Waals surface area contributed by atoms with Crippen molar-refractivity contribution in [2.75, 3.05) is 0 Å². The molecule has 1 heterocycles. The highest BCUT2D eigenvalue weighted by molar-refractivity contribution is 5.91. The van der Waals surface area contributed by atoms with Crippen molar-refractivity contribution in [1.82, 2.24) is 0 Å². The van der Waals surface area contributed by atoms with E-state index in [1.807, 2.05) is 12.1 Å². The molecule has 3 heteroatoms. The summed E-state index contributed by atoms with van der Waals surface area (Å²) in [6.07, 6.45) is 4.14. The predicted octanol–water partition coefficient (Wildman–Crippen LogP) is 2.32. The molecule has 1 aromatic heterocycles. The largest absolute Gasteiger partial charge is 0.469 e. The first-order valence-electron chi connectivity index (χ1n) is 5.83. The number of carbonyl (C=O) groups is 2. The van der Waals surface area contributed by atoms with E-state index in [1.54, 1.807) is 6.26 Å². The number of Topliss-reactive ketones (excluding diaryl/α,β-unsaturated/α-hetero) is 2. The molecule has 16 heavy (non-hydrogen) atoms. The van der Waals surface area contributed by atoms with Gasteiger partial charge in [-0.15, -0.1) is 0 Å². The minimum atomic E-state index is -0.0312. The summed E-state index contributed by atoms with van der Waals surface area (Å²) in [6, 6.07) is 3.80.